The number of ether oxygens (including phenoxy) is 2. The molecule has 3 aromatic rings. The van der Waals surface area contributed by atoms with E-state index in [1.807, 2.05) is 36.4 Å². The first-order valence-corrected chi connectivity index (χ1v) is 6.98. The molecule has 0 amide bonds. The van der Waals surface area contributed by atoms with Crippen molar-refractivity contribution >= 4 is 16.6 Å². The third-order valence-electron chi connectivity index (χ3n) is 3.68. The van der Waals surface area contributed by atoms with Gasteiger partial charge in [0.05, 0.1) is 14.2 Å². The van der Waals surface area contributed by atoms with Crippen LogP contribution in [0.4, 0.5) is 0 Å². The molecule has 3 heteroatoms. The van der Waals surface area contributed by atoms with Crippen LogP contribution in [0.2, 0.25) is 0 Å². The molecule has 0 spiro atoms. The summed E-state index contributed by atoms with van der Waals surface area (Å²) in [6.45, 7) is 0. The molecule has 0 aromatic heterocycles. The monoisotopic (exact) mass is 292 g/mol. The van der Waals surface area contributed by atoms with E-state index >= 15 is 0 Å². The van der Waals surface area contributed by atoms with Crippen molar-refractivity contribution in [3.63, 3.8) is 0 Å². The number of benzene rings is 3. The number of carbonyl (C=O) groups excluding carboxylic acids is 1. The summed E-state index contributed by atoms with van der Waals surface area (Å²) < 4.78 is 10.4. The maximum atomic E-state index is 12.7. The Labute approximate surface area is 129 Å². The van der Waals surface area contributed by atoms with Gasteiger partial charge in [0.2, 0.25) is 0 Å². The van der Waals surface area contributed by atoms with E-state index in [-0.39, 0.29) is 5.78 Å². The van der Waals surface area contributed by atoms with Gasteiger partial charge < -0.3 is 9.47 Å². The molecule has 0 radical (unpaired) electrons. The quantitative estimate of drug-likeness (QED) is 0.679. The zero-order valence-electron chi connectivity index (χ0n) is 12.5. The first-order valence-electron chi connectivity index (χ1n) is 6.98. The Hall–Kier alpha value is -2.81. The van der Waals surface area contributed by atoms with Gasteiger partial charge in [-0.2, -0.15) is 0 Å². The van der Waals surface area contributed by atoms with E-state index in [2.05, 4.69) is 0 Å². The third-order valence-corrected chi connectivity index (χ3v) is 3.68. The van der Waals surface area contributed by atoms with Crippen LogP contribution < -0.4 is 9.47 Å². The first-order chi connectivity index (χ1) is 10.7. The normalized spacial score (nSPS) is 10.5. The number of carbonyl (C=O) groups is 1. The van der Waals surface area contributed by atoms with Gasteiger partial charge in [-0.25, -0.2) is 0 Å². The van der Waals surface area contributed by atoms with Crippen molar-refractivity contribution in [2.24, 2.45) is 0 Å². The summed E-state index contributed by atoms with van der Waals surface area (Å²) >= 11 is 0. The summed E-state index contributed by atoms with van der Waals surface area (Å²) in [6.07, 6.45) is 0. The fourth-order valence-electron chi connectivity index (χ4n) is 2.48. The summed E-state index contributed by atoms with van der Waals surface area (Å²) in [4.78, 5) is 12.7. The van der Waals surface area contributed by atoms with Gasteiger partial charge >= 0.3 is 0 Å². The fourth-order valence-corrected chi connectivity index (χ4v) is 2.48. The Kier molecular flexibility index (Phi) is 3.79. The zero-order valence-corrected chi connectivity index (χ0v) is 12.5. The largest absolute Gasteiger partial charge is 0.497 e. The average Bonchev–Trinajstić information content (AvgIpc) is 2.60. The highest BCUT2D eigenvalue weighted by molar-refractivity contribution is 6.16. The minimum Gasteiger partial charge on any atom is -0.497 e. The van der Waals surface area contributed by atoms with Crippen molar-refractivity contribution in [3.8, 4) is 11.5 Å². The first kappa shape index (κ1) is 14.1. The predicted molar refractivity (Wildman–Crippen MR) is 86.9 cm³/mol. The Balaban J connectivity index is 2.06. The van der Waals surface area contributed by atoms with Crippen LogP contribution in [-0.4, -0.2) is 20.0 Å². The molecule has 0 aliphatic heterocycles. The number of hydrogen-bond acceptors (Lipinski definition) is 3. The summed E-state index contributed by atoms with van der Waals surface area (Å²) in [5.74, 6) is 1.51. The number of methoxy groups -OCH3 is 2. The second kappa shape index (κ2) is 5.90. The van der Waals surface area contributed by atoms with Gasteiger partial charge in [0.15, 0.2) is 5.78 Å². The molecular weight excluding hydrogens is 276 g/mol. The zero-order chi connectivity index (χ0) is 15.5. The second-order valence-electron chi connectivity index (χ2n) is 4.95. The van der Waals surface area contributed by atoms with E-state index in [9.17, 15) is 4.79 Å². The number of rotatable bonds is 4. The van der Waals surface area contributed by atoms with Gasteiger partial charge in [0.25, 0.3) is 0 Å². The van der Waals surface area contributed by atoms with E-state index in [1.165, 1.54) is 0 Å². The molecule has 0 heterocycles. The van der Waals surface area contributed by atoms with Crippen LogP contribution in [0.1, 0.15) is 15.9 Å². The maximum absolute atomic E-state index is 12.7. The maximum Gasteiger partial charge on any atom is 0.193 e. The lowest BCUT2D eigenvalue weighted by molar-refractivity contribution is 0.104. The molecule has 3 nitrogen and oxygen atoms in total. The number of ketones is 1. The van der Waals surface area contributed by atoms with Crippen LogP contribution >= 0.6 is 0 Å². The lowest BCUT2D eigenvalue weighted by Crippen LogP contribution is -2.02. The summed E-state index contributed by atoms with van der Waals surface area (Å²) in [7, 11) is 3.24. The molecule has 0 saturated heterocycles. The van der Waals surface area contributed by atoms with Gasteiger partial charge in [-0.05, 0) is 53.2 Å². The predicted octanol–water partition coefficient (Wildman–Crippen LogP) is 4.09. The summed E-state index contributed by atoms with van der Waals surface area (Å²) in [6, 6.07) is 18.6. The molecule has 3 rings (SSSR count). The van der Waals surface area contributed by atoms with E-state index in [0.717, 1.165) is 22.3 Å². The standard InChI is InChI=1S/C19H16O3/c1-21-15-8-6-13(7-9-15)19(20)18-5-3-4-14-12-16(22-2)10-11-17(14)18/h3-12H,1-2H3. The number of fused-ring (bicyclic) bond motifs is 1. The Morgan fingerprint density at radius 2 is 1.50 bits per heavy atom. The highest BCUT2D eigenvalue weighted by Gasteiger charge is 2.12. The lowest BCUT2D eigenvalue weighted by atomic mass is 9.97. The van der Waals surface area contributed by atoms with Crippen LogP contribution in [0.15, 0.2) is 60.7 Å². The number of hydrogen-bond donors (Lipinski definition) is 0. The topological polar surface area (TPSA) is 35.5 Å². The Bertz CT molecular complexity index is 820. The van der Waals surface area contributed by atoms with Crippen LogP contribution in [0.5, 0.6) is 11.5 Å². The smallest absolute Gasteiger partial charge is 0.193 e. The van der Waals surface area contributed by atoms with Crippen LogP contribution in [0.25, 0.3) is 10.8 Å². The van der Waals surface area contributed by atoms with Gasteiger partial charge in [-0.1, -0.05) is 18.2 Å². The SMILES string of the molecule is COc1ccc(C(=O)c2cccc3cc(OC)ccc23)cc1. The molecule has 110 valence electrons. The molecule has 0 aliphatic rings. The van der Waals surface area contributed by atoms with Crippen molar-refractivity contribution in [3.05, 3.63) is 71.8 Å². The second-order valence-corrected chi connectivity index (χ2v) is 4.95. The average molecular weight is 292 g/mol. The Morgan fingerprint density at radius 1 is 0.818 bits per heavy atom. The van der Waals surface area contributed by atoms with E-state index in [0.29, 0.717) is 11.1 Å². The highest BCUT2D eigenvalue weighted by Crippen LogP contribution is 2.26. The molecule has 0 atom stereocenters. The summed E-state index contributed by atoms with van der Waals surface area (Å²) in [5.41, 5.74) is 1.33. The van der Waals surface area contributed by atoms with Gasteiger partial charge in [0.1, 0.15) is 11.5 Å². The van der Waals surface area contributed by atoms with Crippen molar-refractivity contribution in [2.45, 2.75) is 0 Å². The molecule has 0 aliphatic carbocycles. The molecule has 3 aromatic carbocycles. The van der Waals surface area contributed by atoms with Gasteiger partial charge in [-0.15, -0.1) is 0 Å². The van der Waals surface area contributed by atoms with E-state index < -0.39 is 0 Å². The fraction of sp³-hybridized carbons (Fsp3) is 0.105. The molecule has 0 unspecified atom stereocenters. The molecule has 22 heavy (non-hydrogen) atoms. The minimum atomic E-state index is -0.00146. The summed E-state index contributed by atoms with van der Waals surface area (Å²) in [5, 5.41) is 1.91. The Morgan fingerprint density at radius 3 is 2.18 bits per heavy atom. The molecule has 0 N–H and O–H groups in total. The molecular formula is C19H16O3. The van der Waals surface area contributed by atoms with E-state index in [4.69, 9.17) is 9.47 Å². The lowest BCUT2D eigenvalue weighted by Gasteiger charge is -2.08. The highest BCUT2D eigenvalue weighted by atomic mass is 16.5. The molecule has 0 saturated carbocycles. The van der Waals surface area contributed by atoms with Gasteiger partial charge in [0, 0.05) is 11.1 Å². The van der Waals surface area contributed by atoms with Crippen LogP contribution in [0, 0.1) is 0 Å². The van der Waals surface area contributed by atoms with Crippen LogP contribution in [0.3, 0.4) is 0 Å². The van der Waals surface area contributed by atoms with Crippen molar-refractivity contribution < 1.29 is 14.3 Å². The minimum absolute atomic E-state index is 0.00146. The third kappa shape index (κ3) is 2.53. The van der Waals surface area contributed by atoms with Crippen molar-refractivity contribution in [1.82, 2.24) is 0 Å². The van der Waals surface area contributed by atoms with Crippen molar-refractivity contribution in [2.75, 3.05) is 14.2 Å². The molecule has 0 bridgehead atoms. The van der Waals surface area contributed by atoms with E-state index in [1.54, 1.807) is 38.5 Å². The molecule has 0 fully saturated rings. The van der Waals surface area contributed by atoms with Crippen molar-refractivity contribution in [1.29, 1.82) is 0 Å². The van der Waals surface area contributed by atoms with Crippen LogP contribution in [-0.2, 0) is 0 Å². The van der Waals surface area contributed by atoms with Gasteiger partial charge in [-0.3, -0.25) is 4.79 Å².